The van der Waals surface area contributed by atoms with E-state index in [0.29, 0.717) is 6.04 Å². The number of ether oxygens (including phenoxy) is 1. The summed E-state index contributed by atoms with van der Waals surface area (Å²) in [5.74, 6) is 0.883. The number of nitrogens with zero attached hydrogens (tertiary/aromatic N) is 1. The Morgan fingerprint density at radius 1 is 1.45 bits per heavy atom. The van der Waals surface area contributed by atoms with Gasteiger partial charge >= 0.3 is 0 Å². The topological polar surface area (TPSA) is 34.1 Å². The Hall–Kier alpha value is -1.39. The van der Waals surface area contributed by atoms with Gasteiger partial charge in [0.25, 0.3) is 0 Å². The zero-order valence-corrected chi connectivity index (χ0v) is 12.8. The number of hydrogen-bond donors (Lipinski definition) is 1. The molecule has 0 spiro atoms. The van der Waals surface area contributed by atoms with Gasteiger partial charge in [-0.1, -0.05) is 0 Å². The van der Waals surface area contributed by atoms with E-state index in [4.69, 9.17) is 4.74 Å². The second-order valence-corrected chi connectivity index (χ2v) is 6.27. The van der Waals surface area contributed by atoms with E-state index in [9.17, 15) is 0 Å². The average molecular weight is 288 g/mol. The molecular weight excluding hydrogens is 268 g/mol. The molecule has 2 aromatic heterocycles. The molecule has 1 N–H and O–H groups in total. The minimum atomic E-state index is 0.471. The van der Waals surface area contributed by atoms with Gasteiger partial charge < -0.3 is 10.1 Å². The molecule has 3 rings (SSSR count). The lowest BCUT2D eigenvalue weighted by atomic mass is 9.94. The van der Waals surface area contributed by atoms with E-state index < -0.39 is 0 Å². The molecule has 0 radical (unpaired) electrons. The molecule has 1 aliphatic rings. The number of thiophene rings is 1. The molecule has 1 aliphatic carbocycles. The Labute approximate surface area is 124 Å². The van der Waals surface area contributed by atoms with E-state index in [1.807, 2.05) is 30.4 Å². The lowest BCUT2D eigenvalue weighted by Crippen LogP contribution is -2.24. The van der Waals surface area contributed by atoms with Gasteiger partial charge in [-0.3, -0.25) is 4.98 Å². The van der Waals surface area contributed by atoms with Crippen LogP contribution in [0.5, 0.6) is 5.75 Å². The highest BCUT2D eigenvalue weighted by atomic mass is 32.1. The van der Waals surface area contributed by atoms with Crippen LogP contribution in [0.25, 0.3) is 0 Å². The first-order chi connectivity index (χ1) is 9.76. The molecular formula is C16H20N2OS. The summed E-state index contributed by atoms with van der Waals surface area (Å²) in [6.07, 6.45) is 3.73. The number of methoxy groups -OCH3 is 1. The fourth-order valence-electron chi connectivity index (χ4n) is 2.84. The van der Waals surface area contributed by atoms with Gasteiger partial charge in [0.2, 0.25) is 0 Å². The Balaban J connectivity index is 1.70. The van der Waals surface area contributed by atoms with Crippen molar-refractivity contribution >= 4 is 11.3 Å². The van der Waals surface area contributed by atoms with Gasteiger partial charge in [-0.25, -0.2) is 0 Å². The predicted molar refractivity (Wildman–Crippen MR) is 82.4 cm³/mol. The summed E-state index contributed by atoms with van der Waals surface area (Å²) >= 11 is 1.88. The summed E-state index contributed by atoms with van der Waals surface area (Å²) in [6.45, 7) is 2.79. The van der Waals surface area contributed by atoms with E-state index in [0.717, 1.165) is 23.7 Å². The van der Waals surface area contributed by atoms with Crippen LogP contribution in [0.1, 0.15) is 40.7 Å². The lowest BCUT2D eigenvalue weighted by Gasteiger charge is -2.23. The SMILES string of the molecule is COc1cc(C)nc(CNC2CCCc3sccc32)c1. The minimum absolute atomic E-state index is 0.471. The van der Waals surface area contributed by atoms with Crippen molar-refractivity contribution in [1.29, 1.82) is 0 Å². The zero-order chi connectivity index (χ0) is 13.9. The molecule has 0 fully saturated rings. The van der Waals surface area contributed by atoms with E-state index in [1.54, 1.807) is 12.0 Å². The lowest BCUT2D eigenvalue weighted by molar-refractivity contribution is 0.411. The van der Waals surface area contributed by atoms with Crippen LogP contribution in [-0.4, -0.2) is 12.1 Å². The van der Waals surface area contributed by atoms with Crippen molar-refractivity contribution in [3.8, 4) is 5.75 Å². The van der Waals surface area contributed by atoms with Gasteiger partial charge in [0.15, 0.2) is 0 Å². The number of fused-ring (bicyclic) bond motifs is 1. The molecule has 0 aliphatic heterocycles. The summed E-state index contributed by atoms with van der Waals surface area (Å²) in [5, 5.41) is 5.85. The van der Waals surface area contributed by atoms with Crippen molar-refractivity contribution in [1.82, 2.24) is 10.3 Å². The van der Waals surface area contributed by atoms with Crippen LogP contribution < -0.4 is 10.1 Å². The fourth-order valence-corrected chi connectivity index (χ4v) is 3.82. The predicted octanol–water partition coefficient (Wildman–Crippen LogP) is 3.63. The van der Waals surface area contributed by atoms with Crippen LogP contribution in [0.2, 0.25) is 0 Å². The second-order valence-electron chi connectivity index (χ2n) is 5.26. The highest BCUT2D eigenvalue weighted by Gasteiger charge is 2.20. The third-order valence-electron chi connectivity index (χ3n) is 3.80. The Morgan fingerprint density at radius 3 is 3.20 bits per heavy atom. The van der Waals surface area contributed by atoms with Gasteiger partial charge in [-0.2, -0.15) is 0 Å². The molecule has 2 aromatic rings. The molecule has 20 heavy (non-hydrogen) atoms. The van der Waals surface area contributed by atoms with Crippen molar-refractivity contribution in [2.45, 2.75) is 38.8 Å². The molecule has 0 bridgehead atoms. The molecule has 2 heterocycles. The van der Waals surface area contributed by atoms with Crippen LogP contribution in [0.15, 0.2) is 23.6 Å². The third kappa shape index (κ3) is 2.86. The van der Waals surface area contributed by atoms with Crippen LogP contribution in [0, 0.1) is 6.92 Å². The first-order valence-electron chi connectivity index (χ1n) is 7.07. The fraction of sp³-hybridized carbons (Fsp3) is 0.438. The first kappa shape index (κ1) is 13.6. The second kappa shape index (κ2) is 5.94. The molecule has 0 amide bonds. The molecule has 0 saturated heterocycles. The minimum Gasteiger partial charge on any atom is -0.497 e. The van der Waals surface area contributed by atoms with E-state index in [-0.39, 0.29) is 0 Å². The van der Waals surface area contributed by atoms with Crippen molar-refractivity contribution in [2.75, 3.05) is 7.11 Å². The highest BCUT2D eigenvalue weighted by Crippen LogP contribution is 2.33. The molecule has 1 unspecified atom stereocenters. The molecule has 106 valence electrons. The summed E-state index contributed by atoms with van der Waals surface area (Å²) < 4.78 is 5.31. The number of pyridine rings is 1. The monoisotopic (exact) mass is 288 g/mol. The zero-order valence-electron chi connectivity index (χ0n) is 12.0. The smallest absolute Gasteiger partial charge is 0.122 e. The van der Waals surface area contributed by atoms with E-state index in [2.05, 4.69) is 21.7 Å². The van der Waals surface area contributed by atoms with Crippen molar-refractivity contribution in [3.05, 3.63) is 45.4 Å². The van der Waals surface area contributed by atoms with Crippen LogP contribution in [-0.2, 0) is 13.0 Å². The van der Waals surface area contributed by atoms with Crippen LogP contribution >= 0.6 is 11.3 Å². The highest BCUT2D eigenvalue weighted by molar-refractivity contribution is 7.10. The summed E-state index contributed by atoms with van der Waals surface area (Å²) in [6, 6.07) is 6.71. The third-order valence-corrected chi connectivity index (χ3v) is 4.79. The Morgan fingerprint density at radius 2 is 2.35 bits per heavy atom. The number of aromatic nitrogens is 1. The maximum absolute atomic E-state index is 5.31. The first-order valence-corrected chi connectivity index (χ1v) is 7.95. The van der Waals surface area contributed by atoms with Gasteiger partial charge in [0.05, 0.1) is 12.8 Å². The number of rotatable bonds is 4. The van der Waals surface area contributed by atoms with Crippen LogP contribution in [0.4, 0.5) is 0 Å². The van der Waals surface area contributed by atoms with Gasteiger partial charge in [0, 0.05) is 35.3 Å². The number of nitrogens with one attached hydrogen (secondary N) is 1. The summed E-state index contributed by atoms with van der Waals surface area (Å²) in [7, 11) is 1.70. The van der Waals surface area contributed by atoms with Crippen molar-refractivity contribution < 1.29 is 4.74 Å². The number of hydrogen-bond acceptors (Lipinski definition) is 4. The quantitative estimate of drug-likeness (QED) is 0.933. The molecule has 1 atom stereocenters. The summed E-state index contributed by atoms with van der Waals surface area (Å²) in [4.78, 5) is 6.11. The van der Waals surface area contributed by atoms with Crippen molar-refractivity contribution in [2.24, 2.45) is 0 Å². The van der Waals surface area contributed by atoms with E-state index in [1.165, 1.54) is 24.8 Å². The molecule has 3 nitrogen and oxygen atoms in total. The Bertz CT molecular complexity index is 594. The van der Waals surface area contributed by atoms with Gasteiger partial charge in [-0.05, 0) is 43.2 Å². The van der Waals surface area contributed by atoms with Crippen molar-refractivity contribution in [3.63, 3.8) is 0 Å². The van der Waals surface area contributed by atoms with Crippen LogP contribution in [0.3, 0.4) is 0 Å². The molecule has 0 saturated carbocycles. The van der Waals surface area contributed by atoms with Gasteiger partial charge in [0.1, 0.15) is 5.75 Å². The Kier molecular flexibility index (Phi) is 4.03. The normalized spacial score (nSPS) is 17.8. The molecule has 0 aromatic carbocycles. The maximum Gasteiger partial charge on any atom is 0.122 e. The largest absolute Gasteiger partial charge is 0.497 e. The van der Waals surface area contributed by atoms with E-state index >= 15 is 0 Å². The standard InChI is InChI=1S/C16H20N2OS/c1-11-8-13(19-2)9-12(18-11)10-17-15-4-3-5-16-14(15)6-7-20-16/h6-9,15,17H,3-5,10H2,1-2H3. The average Bonchev–Trinajstić information content (AvgIpc) is 2.93. The number of aryl methyl sites for hydroxylation is 2. The summed E-state index contributed by atoms with van der Waals surface area (Å²) in [5.41, 5.74) is 3.53. The molecule has 4 heteroatoms. The van der Waals surface area contributed by atoms with Gasteiger partial charge in [-0.15, -0.1) is 11.3 Å². The maximum atomic E-state index is 5.31.